The SMILES string of the molecule is CC1(C)O[C@H]([C@H]2COC(C)(C)O2)[C@@H](/C=[N+](\[O-])Cc2ccccc2)O1. The Bertz CT molecular complexity index is 599. The van der Waals surface area contributed by atoms with E-state index in [1.807, 2.05) is 58.0 Å². The lowest BCUT2D eigenvalue weighted by molar-refractivity contribution is -0.473. The van der Waals surface area contributed by atoms with Crippen molar-refractivity contribution in [2.45, 2.75) is 64.1 Å². The van der Waals surface area contributed by atoms with Gasteiger partial charge in [-0.25, -0.2) is 4.74 Å². The van der Waals surface area contributed by atoms with Gasteiger partial charge in [0.15, 0.2) is 30.4 Å². The van der Waals surface area contributed by atoms with E-state index < -0.39 is 17.7 Å². The third-order valence-corrected chi connectivity index (χ3v) is 4.05. The topological polar surface area (TPSA) is 63.0 Å². The molecule has 0 aliphatic carbocycles. The fraction of sp³-hybridized carbons (Fsp3) is 0.611. The minimum atomic E-state index is -0.768. The number of nitrogens with zero attached hydrogens (tertiary/aromatic N) is 1. The number of rotatable bonds is 4. The van der Waals surface area contributed by atoms with Gasteiger partial charge in [-0.1, -0.05) is 30.3 Å². The Morgan fingerprint density at radius 3 is 2.42 bits per heavy atom. The van der Waals surface area contributed by atoms with Crippen LogP contribution in [-0.2, 0) is 25.5 Å². The molecular formula is C18H25NO5. The Morgan fingerprint density at radius 1 is 1.08 bits per heavy atom. The van der Waals surface area contributed by atoms with E-state index in [-0.39, 0.29) is 18.8 Å². The van der Waals surface area contributed by atoms with Crippen LogP contribution in [0.15, 0.2) is 30.3 Å². The van der Waals surface area contributed by atoms with Crippen LogP contribution in [-0.4, -0.2) is 47.4 Å². The first kappa shape index (κ1) is 17.4. The van der Waals surface area contributed by atoms with Crippen LogP contribution in [0.4, 0.5) is 0 Å². The Kier molecular flexibility index (Phi) is 4.66. The highest BCUT2D eigenvalue weighted by Crippen LogP contribution is 2.34. The number of benzene rings is 1. The van der Waals surface area contributed by atoms with Gasteiger partial charge >= 0.3 is 0 Å². The van der Waals surface area contributed by atoms with Crippen molar-refractivity contribution < 1.29 is 23.7 Å². The lowest BCUT2D eigenvalue weighted by Crippen LogP contribution is -2.40. The summed E-state index contributed by atoms with van der Waals surface area (Å²) in [4.78, 5) is 0. The zero-order chi connectivity index (χ0) is 17.4. The molecule has 3 rings (SSSR count). The van der Waals surface area contributed by atoms with Crippen LogP contribution in [0, 0.1) is 5.21 Å². The molecule has 132 valence electrons. The van der Waals surface area contributed by atoms with Crippen molar-refractivity contribution >= 4 is 6.21 Å². The zero-order valence-electron chi connectivity index (χ0n) is 14.6. The maximum atomic E-state index is 12.3. The Morgan fingerprint density at radius 2 is 1.79 bits per heavy atom. The quantitative estimate of drug-likeness (QED) is 0.366. The molecule has 2 heterocycles. The first-order chi connectivity index (χ1) is 11.2. The van der Waals surface area contributed by atoms with Crippen LogP contribution < -0.4 is 0 Å². The summed E-state index contributed by atoms with van der Waals surface area (Å²) < 4.78 is 24.3. The molecule has 2 saturated heterocycles. The van der Waals surface area contributed by atoms with Crippen molar-refractivity contribution in [2.75, 3.05) is 6.61 Å². The standard InChI is InChI=1S/C18H25NO5/c1-17(2)21-12-15(23-17)16-14(22-18(3,4)24-16)11-19(20)10-13-8-6-5-7-9-13/h5-9,11,14-16H,10,12H2,1-4H3/b19-11-/t14-,15-,16+/m1/s1. The van der Waals surface area contributed by atoms with Gasteiger partial charge in [-0.05, 0) is 27.7 Å². The van der Waals surface area contributed by atoms with E-state index in [1.54, 1.807) is 0 Å². The molecule has 1 aromatic carbocycles. The highest BCUT2D eigenvalue weighted by Gasteiger charge is 2.50. The van der Waals surface area contributed by atoms with Crippen LogP contribution in [0.3, 0.4) is 0 Å². The number of hydrogen-bond donors (Lipinski definition) is 0. The Balaban J connectivity index is 1.73. The fourth-order valence-corrected chi connectivity index (χ4v) is 3.08. The summed E-state index contributed by atoms with van der Waals surface area (Å²) in [7, 11) is 0. The van der Waals surface area contributed by atoms with E-state index >= 15 is 0 Å². The zero-order valence-corrected chi connectivity index (χ0v) is 14.6. The lowest BCUT2D eigenvalue weighted by atomic mass is 10.1. The van der Waals surface area contributed by atoms with E-state index in [0.29, 0.717) is 6.61 Å². The van der Waals surface area contributed by atoms with Crippen LogP contribution in [0.5, 0.6) is 0 Å². The van der Waals surface area contributed by atoms with Gasteiger partial charge in [0.05, 0.1) is 6.61 Å². The summed E-state index contributed by atoms with van der Waals surface area (Å²) in [5.41, 5.74) is 0.944. The molecule has 0 aromatic heterocycles. The van der Waals surface area contributed by atoms with E-state index in [9.17, 15) is 5.21 Å². The van der Waals surface area contributed by atoms with Gasteiger partial charge in [0.1, 0.15) is 12.2 Å². The molecule has 2 aliphatic heterocycles. The lowest BCUT2D eigenvalue weighted by Gasteiger charge is -2.22. The van der Waals surface area contributed by atoms with E-state index in [4.69, 9.17) is 18.9 Å². The fourth-order valence-electron chi connectivity index (χ4n) is 3.08. The third-order valence-electron chi connectivity index (χ3n) is 4.05. The predicted molar refractivity (Wildman–Crippen MR) is 88.6 cm³/mol. The molecule has 1 aromatic rings. The molecule has 0 spiro atoms. The van der Waals surface area contributed by atoms with Crippen LogP contribution in [0.2, 0.25) is 0 Å². The van der Waals surface area contributed by atoms with Crippen molar-refractivity contribution in [3.05, 3.63) is 41.1 Å². The molecule has 0 unspecified atom stereocenters. The molecule has 0 N–H and O–H groups in total. The van der Waals surface area contributed by atoms with Gasteiger partial charge in [0, 0.05) is 5.56 Å². The van der Waals surface area contributed by atoms with Gasteiger partial charge in [0.2, 0.25) is 0 Å². The molecule has 6 heteroatoms. The Labute approximate surface area is 142 Å². The largest absolute Gasteiger partial charge is 0.624 e. The van der Waals surface area contributed by atoms with Crippen molar-refractivity contribution in [1.29, 1.82) is 0 Å². The molecule has 6 nitrogen and oxygen atoms in total. The highest BCUT2D eigenvalue weighted by atomic mass is 16.8. The van der Waals surface area contributed by atoms with E-state index in [1.165, 1.54) is 6.21 Å². The van der Waals surface area contributed by atoms with Gasteiger partial charge < -0.3 is 24.2 Å². The maximum absolute atomic E-state index is 12.3. The molecule has 3 atom stereocenters. The summed E-state index contributed by atoms with van der Waals surface area (Å²) in [6.45, 7) is 8.08. The maximum Gasteiger partial charge on any atom is 0.183 e. The molecule has 2 fully saturated rings. The van der Waals surface area contributed by atoms with Crippen LogP contribution in [0.25, 0.3) is 0 Å². The van der Waals surface area contributed by atoms with Crippen molar-refractivity contribution in [3.8, 4) is 0 Å². The third kappa shape index (κ3) is 4.13. The van der Waals surface area contributed by atoms with Crippen molar-refractivity contribution in [3.63, 3.8) is 0 Å². The molecule has 0 radical (unpaired) electrons. The number of hydrogen-bond acceptors (Lipinski definition) is 5. The molecule has 2 aliphatic rings. The summed E-state index contributed by atoms with van der Waals surface area (Å²) >= 11 is 0. The van der Waals surface area contributed by atoms with Gasteiger partial charge in [0.25, 0.3) is 0 Å². The number of ether oxygens (including phenoxy) is 4. The van der Waals surface area contributed by atoms with Crippen molar-refractivity contribution in [1.82, 2.24) is 0 Å². The summed E-state index contributed by atoms with van der Waals surface area (Å²) in [5.74, 6) is -1.41. The summed E-state index contributed by atoms with van der Waals surface area (Å²) in [6, 6.07) is 9.59. The highest BCUT2D eigenvalue weighted by molar-refractivity contribution is 5.59. The van der Waals surface area contributed by atoms with Gasteiger partial charge in [-0.15, -0.1) is 0 Å². The summed E-state index contributed by atoms with van der Waals surface area (Å²) in [6.07, 6.45) is 0.395. The van der Waals surface area contributed by atoms with Gasteiger partial charge in [-0.2, -0.15) is 0 Å². The Hall–Kier alpha value is -1.47. The van der Waals surface area contributed by atoms with Gasteiger partial charge in [-0.3, -0.25) is 0 Å². The molecule has 24 heavy (non-hydrogen) atoms. The summed E-state index contributed by atoms with van der Waals surface area (Å²) in [5, 5.41) is 12.3. The first-order valence-electron chi connectivity index (χ1n) is 8.24. The second-order valence-corrected chi connectivity index (χ2v) is 7.14. The second kappa shape index (κ2) is 6.44. The van der Waals surface area contributed by atoms with Crippen LogP contribution in [0.1, 0.15) is 33.3 Å². The molecular weight excluding hydrogens is 310 g/mol. The first-order valence-corrected chi connectivity index (χ1v) is 8.24. The van der Waals surface area contributed by atoms with E-state index in [2.05, 4.69) is 0 Å². The molecule has 0 bridgehead atoms. The van der Waals surface area contributed by atoms with Crippen LogP contribution >= 0.6 is 0 Å². The molecule has 0 amide bonds. The smallest absolute Gasteiger partial charge is 0.183 e. The predicted octanol–water partition coefficient (Wildman–Crippen LogP) is 2.44. The monoisotopic (exact) mass is 335 g/mol. The average molecular weight is 335 g/mol. The minimum absolute atomic E-state index is 0.265. The average Bonchev–Trinajstić information content (AvgIpc) is 2.98. The normalized spacial score (nSPS) is 32.2. The number of hydroxylamine groups is 1. The van der Waals surface area contributed by atoms with Crippen molar-refractivity contribution in [2.24, 2.45) is 0 Å². The van der Waals surface area contributed by atoms with E-state index in [0.717, 1.165) is 10.3 Å². The minimum Gasteiger partial charge on any atom is -0.624 e. The molecule has 0 saturated carbocycles. The second-order valence-electron chi connectivity index (χ2n) is 7.14.